The van der Waals surface area contributed by atoms with E-state index in [2.05, 4.69) is 15.5 Å². The molecule has 4 nitrogen and oxygen atoms in total. The number of aromatic nitrogens is 1. The predicted molar refractivity (Wildman–Crippen MR) is 64.9 cm³/mol. The highest BCUT2D eigenvalue weighted by atomic mass is 35.5. The third-order valence-electron chi connectivity index (χ3n) is 2.19. The zero-order valence-corrected chi connectivity index (χ0v) is 9.76. The van der Waals surface area contributed by atoms with E-state index in [0.717, 1.165) is 15.2 Å². The minimum absolute atomic E-state index is 0.316. The standard InChI is InChI=1S/C10H8ClN3OS/c11-5-8-13-9(14-15-8)10-12-6-3-1-2-4-7(6)16-10/h1-4,8H,5H2,(H,13,14). The average molecular weight is 254 g/mol. The van der Waals surface area contributed by atoms with Gasteiger partial charge in [-0.3, -0.25) is 0 Å². The molecule has 0 fully saturated rings. The van der Waals surface area contributed by atoms with Gasteiger partial charge in [0.1, 0.15) is 0 Å². The molecule has 0 radical (unpaired) electrons. The Morgan fingerprint density at radius 2 is 2.31 bits per heavy atom. The van der Waals surface area contributed by atoms with E-state index < -0.39 is 0 Å². The fourth-order valence-electron chi connectivity index (χ4n) is 1.46. The van der Waals surface area contributed by atoms with Crippen LogP contribution in [0.3, 0.4) is 0 Å². The van der Waals surface area contributed by atoms with Crippen LogP contribution in [0.25, 0.3) is 10.2 Å². The van der Waals surface area contributed by atoms with Gasteiger partial charge < -0.3 is 0 Å². The maximum Gasteiger partial charge on any atom is 0.190 e. The van der Waals surface area contributed by atoms with Crippen LogP contribution >= 0.6 is 22.9 Å². The van der Waals surface area contributed by atoms with Gasteiger partial charge in [-0.1, -0.05) is 12.1 Å². The number of nitrogens with zero attached hydrogens (tertiary/aromatic N) is 2. The number of hydroxylamine groups is 1. The van der Waals surface area contributed by atoms with Crippen LogP contribution in [0.15, 0.2) is 29.3 Å². The summed E-state index contributed by atoms with van der Waals surface area (Å²) in [4.78, 5) is 13.9. The summed E-state index contributed by atoms with van der Waals surface area (Å²) in [5, 5.41) is 0.828. The van der Waals surface area contributed by atoms with Crippen LogP contribution in [0.1, 0.15) is 5.01 Å². The zero-order valence-electron chi connectivity index (χ0n) is 8.18. The molecule has 1 aromatic carbocycles. The van der Waals surface area contributed by atoms with E-state index in [1.54, 1.807) is 11.3 Å². The number of nitrogens with one attached hydrogen (secondary N) is 1. The number of alkyl halides is 1. The first-order valence-corrected chi connectivity index (χ1v) is 6.13. The fraction of sp³-hybridized carbons (Fsp3) is 0.200. The molecule has 0 saturated heterocycles. The molecule has 0 spiro atoms. The van der Waals surface area contributed by atoms with Crippen LogP contribution in [0.2, 0.25) is 0 Å². The molecule has 2 heterocycles. The Morgan fingerprint density at radius 1 is 1.44 bits per heavy atom. The SMILES string of the molecule is ClCC1N=C(c2nc3ccccc3s2)NO1. The Kier molecular flexibility index (Phi) is 2.51. The summed E-state index contributed by atoms with van der Waals surface area (Å²) in [7, 11) is 0. The molecule has 1 unspecified atom stereocenters. The largest absolute Gasteiger partial charge is 0.246 e. The summed E-state index contributed by atoms with van der Waals surface area (Å²) in [5.41, 5.74) is 3.72. The van der Waals surface area contributed by atoms with Crippen molar-refractivity contribution in [2.45, 2.75) is 6.23 Å². The van der Waals surface area contributed by atoms with Crippen molar-refractivity contribution in [3.63, 3.8) is 0 Å². The molecule has 3 rings (SSSR count). The third-order valence-corrected chi connectivity index (χ3v) is 3.50. The number of amidine groups is 1. The first-order valence-electron chi connectivity index (χ1n) is 4.78. The van der Waals surface area contributed by atoms with E-state index >= 15 is 0 Å². The molecule has 0 saturated carbocycles. The summed E-state index contributed by atoms with van der Waals surface area (Å²) < 4.78 is 1.14. The Labute approximate surface area is 101 Å². The van der Waals surface area contributed by atoms with E-state index in [4.69, 9.17) is 16.4 Å². The van der Waals surface area contributed by atoms with E-state index in [9.17, 15) is 0 Å². The summed E-state index contributed by atoms with van der Waals surface area (Å²) in [6, 6.07) is 7.97. The van der Waals surface area contributed by atoms with Crippen molar-refractivity contribution in [3.8, 4) is 0 Å². The van der Waals surface area contributed by atoms with E-state index in [1.165, 1.54) is 0 Å². The number of para-hydroxylation sites is 1. The molecular weight excluding hydrogens is 246 g/mol. The minimum Gasteiger partial charge on any atom is -0.246 e. The summed E-state index contributed by atoms with van der Waals surface area (Å²) in [6.45, 7) is 0. The Balaban J connectivity index is 2.00. The smallest absolute Gasteiger partial charge is 0.190 e. The molecule has 1 atom stereocenters. The average Bonchev–Trinajstić information content (AvgIpc) is 2.95. The molecule has 0 bridgehead atoms. The topological polar surface area (TPSA) is 46.5 Å². The molecule has 1 aliphatic heterocycles. The Hall–Kier alpha value is -1.17. The summed E-state index contributed by atoms with van der Waals surface area (Å²) in [6.07, 6.45) is -0.316. The lowest BCUT2D eigenvalue weighted by atomic mass is 10.3. The van der Waals surface area contributed by atoms with Crippen molar-refractivity contribution in [2.75, 3.05) is 5.88 Å². The number of halogens is 1. The lowest BCUT2D eigenvalue weighted by Crippen LogP contribution is -2.19. The van der Waals surface area contributed by atoms with Crippen LogP contribution in [-0.4, -0.2) is 22.9 Å². The highest BCUT2D eigenvalue weighted by Crippen LogP contribution is 2.22. The number of thiazole rings is 1. The molecule has 0 aliphatic carbocycles. The highest BCUT2D eigenvalue weighted by Gasteiger charge is 2.20. The third kappa shape index (κ3) is 1.67. The molecule has 1 N–H and O–H groups in total. The van der Waals surface area contributed by atoms with Crippen LogP contribution in [-0.2, 0) is 4.84 Å². The van der Waals surface area contributed by atoms with Crippen molar-refractivity contribution in [1.82, 2.24) is 10.5 Å². The van der Waals surface area contributed by atoms with Crippen molar-refractivity contribution in [1.29, 1.82) is 0 Å². The number of aliphatic imine (C=N–C) groups is 1. The van der Waals surface area contributed by atoms with Gasteiger partial charge in [0.05, 0.1) is 16.1 Å². The summed E-state index contributed by atoms with van der Waals surface area (Å²) >= 11 is 7.23. The van der Waals surface area contributed by atoms with Gasteiger partial charge in [-0.25, -0.2) is 20.3 Å². The van der Waals surface area contributed by atoms with Crippen LogP contribution < -0.4 is 5.48 Å². The van der Waals surface area contributed by atoms with Gasteiger partial charge in [-0.15, -0.1) is 22.9 Å². The predicted octanol–water partition coefficient (Wildman–Crippen LogP) is 2.14. The number of rotatable bonds is 2. The first kappa shape index (κ1) is 10.0. The maximum absolute atomic E-state index is 5.65. The van der Waals surface area contributed by atoms with E-state index in [0.29, 0.717) is 11.7 Å². The van der Waals surface area contributed by atoms with E-state index in [-0.39, 0.29) is 6.23 Å². The Bertz CT molecular complexity index is 521. The normalized spacial score (nSPS) is 19.8. The molecule has 1 aromatic heterocycles. The zero-order chi connectivity index (χ0) is 11.0. The second-order valence-electron chi connectivity index (χ2n) is 3.29. The van der Waals surface area contributed by atoms with E-state index in [1.807, 2.05) is 24.3 Å². The van der Waals surface area contributed by atoms with Gasteiger partial charge in [0.15, 0.2) is 17.1 Å². The van der Waals surface area contributed by atoms with Gasteiger partial charge in [0.25, 0.3) is 0 Å². The molecule has 0 amide bonds. The molecular formula is C10H8ClN3OS. The second-order valence-corrected chi connectivity index (χ2v) is 4.63. The number of hydrogen-bond donors (Lipinski definition) is 1. The number of hydrogen-bond acceptors (Lipinski definition) is 5. The quantitative estimate of drug-likeness (QED) is 0.835. The molecule has 6 heteroatoms. The van der Waals surface area contributed by atoms with Gasteiger partial charge in [0.2, 0.25) is 0 Å². The summed E-state index contributed by atoms with van der Waals surface area (Å²) in [5.74, 6) is 0.994. The second kappa shape index (κ2) is 4.01. The van der Waals surface area contributed by atoms with Gasteiger partial charge >= 0.3 is 0 Å². The van der Waals surface area contributed by atoms with Gasteiger partial charge in [-0.2, -0.15) is 0 Å². The number of benzene rings is 1. The Morgan fingerprint density at radius 3 is 3.06 bits per heavy atom. The van der Waals surface area contributed by atoms with Crippen LogP contribution in [0, 0.1) is 0 Å². The van der Waals surface area contributed by atoms with Crippen LogP contribution in [0.4, 0.5) is 0 Å². The lowest BCUT2D eigenvalue weighted by Gasteiger charge is -1.97. The highest BCUT2D eigenvalue weighted by molar-refractivity contribution is 7.20. The minimum atomic E-state index is -0.316. The van der Waals surface area contributed by atoms with Crippen molar-refractivity contribution < 1.29 is 4.84 Å². The lowest BCUT2D eigenvalue weighted by molar-refractivity contribution is 0.0525. The fourth-order valence-corrected chi connectivity index (χ4v) is 2.50. The number of fused-ring (bicyclic) bond motifs is 1. The molecule has 82 valence electrons. The van der Waals surface area contributed by atoms with Gasteiger partial charge in [-0.05, 0) is 12.1 Å². The molecule has 1 aliphatic rings. The van der Waals surface area contributed by atoms with Crippen molar-refractivity contribution in [3.05, 3.63) is 29.3 Å². The van der Waals surface area contributed by atoms with Crippen LogP contribution in [0.5, 0.6) is 0 Å². The van der Waals surface area contributed by atoms with Crippen molar-refractivity contribution >= 4 is 39.0 Å². The first-order chi connectivity index (χ1) is 7.86. The molecule has 16 heavy (non-hydrogen) atoms. The van der Waals surface area contributed by atoms with Crippen molar-refractivity contribution in [2.24, 2.45) is 4.99 Å². The van der Waals surface area contributed by atoms with Gasteiger partial charge in [0, 0.05) is 0 Å². The monoisotopic (exact) mass is 253 g/mol. The maximum atomic E-state index is 5.65. The molecule has 2 aromatic rings.